The molecule has 4 rings (SSSR count). The molecule has 8 nitrogen and oxygen atoms in total. The zero-order chi connectivity index (χ0) is 28.3. The molecule has 1 amide bonds. The van der Waals surface area contributed by atoms with E-state index in [0.717, 1.165) is 24.0 Å². The number of sulfonamides is 1. The van der Waals surface area contributed by atoms with E-state index < -0.39 is 33.4 Å². The average molecular weight is 559 g/mol. The molecule has 9 heteroatoms. The number of nitrogens with one attached hydrogen (secondary N) is 1. The Bertz CT molecular complexity index is 1210. The minimum absolute atomic E-state index is 0.151. The van der Waals surface area contributed by atoms with Gasteiger partial charge in [0.25, 0.3) is 0 Å². The van der Waals surface area contributed by atoms with Gasteiger partial charge in [0, 0.05) is 26.1 Å². The van der Waals surface area contributed by atoms with Crippen LogP contribution in [-0.4, -0.2) is 61.5 Å². The first-order chi connectivity index (χ1) is 18.4. The topological polar surface area (TPSA) is 105 Å². The van der Waals surface area contributed by atoms with Gasteiger partial charge in [-0.3, -0.25) is 0 Å². The van der Waals surface area contributed by atoms with Crippen molar-refractivity contribution in [2.24, 2.45) is 11.8 Å². The van der Waals surface area contributed by atoms with Gasteiger partial charge < -0.3 is 19.5 Å². The quantitative estimate of drug-likeness (QED) is 0.457. The Morgan fingerprint density at radius 2 is 1.79 bits per heavy atom. The third kappa shape index (κ3) is 7.60. The summed E-state index contributed by atoms with van der Waals surface area (Å²) >= 11 is 0. The van der Waals surface area contributed by atoms with E-state index in [1.165, 1.54) is 0 Å². The fraction of sp³-hybridized carbons (Fsp3) is 0.567. The van der Waals surface area contributed by atoms with Gasteiger partial charge in [-0.05, 0) is 76.5 Å². The molecule has 39 heavy (non-hydrogen) atoms. The molecular weight excluding hydrogens is 516 g/mol. The van der Waals surface area contributed by atoms with Crippen LogP contribution in [0.1, 0.15) is 57.6 Å². The number of carbonyl (C=O) groups is 1. The Kier molecular flexibility index (Phi) is 9.05. The van der Waals surface area contributed by atoms with E-state index >= 15 is 0 Å². The van der Waals surface area contributed by atoms with Gasteiger partial charge >= 0.3 is 6.09 Å². The van der Waals surface area contributed by atoms with Crippen LogP contribution in [0.3, 0.4) is 0 Å². The Morgan fingerprint density at radius 1 is 1.10 bits per heavy atom. The van der Waals surface area contributed by atoms with Gasteiger partial charge in [0.15, 0.2) is 0 Å². The molecule has 2 N–H and O–H groups in total. The summed E-state index contributed by atoms with van der Waals surface area (Å²) in [7, 11) is -3.92. The predicted octanol–water partition coefficient (Wildman–Crippen LogP) is 4.65. The Hall–Kier alpha value is -2.46. The van der Waals surface area contributed by atoms with E-state index in [1.54, 1.807) is 29.2 Å². The van der Waals surface area contributed by atoms with E-state index in [9.17, 15) is 18.3 Å². The highest BCUT2D eigenvalue weighted by atomic mass is 32.2. The Morgan fingerprint density at radius 3 is 2.46 bits per heavy atom. The number of likely N-dealkylation sites (tertiary alicyclic amines) is 1. The first kappa shape index (κ1) is 29.5. The number of fused-ring (bicyclic) bond motifs is 1. The van der Waals surface area contributed by atoms with E-state index in [0.29, 0.717) is 26.1 Å². The molecule has 2 aliphatic rings. The number of rotatable bonds is 8. The number of hydrogen-bond acceptors (Lipinski definition) is 6. The lowest BCUT2D eigenvalue weighted by molar-refractivity contribution is -0.0970. The van der Waals surface area contributed by atoms with Crippen molar-refractivity contribution in [2.75, 3.05) is 19.7 Å². The molecule has 214 valence electrons. The van der Waals surface area contributed by atoms with Crippen molar-refractivity contribution < 1.29 is 27.8 Å². The fourth-order valence-corrected chi connectivity index (χ4v) is 7.05. The van der Waals surface area contributed by atoms with Gasteiger partial charge in [-0.15, -0.1) is 0 Å². The van der Waals surface area contributed by atoms with Gasteiger partial charge in [-0.2, -0.15) is 0 Å². The lowest BCUT2D eigenvalue weighted by atomic mass is 9.65. The molecule has 0 aromatic heterocycles. The second-order valence-electron chi connectivity index (χ2n) is 12.0. The highest BCUT2D eigenvalue weighted by Crippen LogP contribution is 2.43. The van der Waals surface area contributed by atoms with Crippen molar-refractivity contribution in [2.45, 2.75) is 82.1 Å². The molecule has 2 aromatic rings. The van der Waals surface area contributed by atoms with Crippen LogP contribution in [0.25, 0.3) is 0 Å². The molecular formula is C30H42N2O6S. The van der Waals surface area contributed by atoms with Crippen molar-refractivity contribution in [1.29, 1.82) is 0 Å². The number of aliphatic hydroxyl groups is 1. The molecule has 1 heterocycles. The molecule has 2 fully saturated rings. The number of piperidine rings is 1. The van der Waals surface area contributed by atoms with E-state index in [-0.39, 0.29) is 29.8 Å². The largest absolute Gasteiger partial charge is 0.444 e. The van der Waals surface area contributed by atoms with Crippen molar-refractivity contribution in [3.05, 3.63) is 65.7 Å². The van der Waals surface area contributed by atoms with Crippen molar-refractivity contribution in [3.8, 4) is 0 Å². The molecule has 2 aromatic carbocycles. The predicted molar refractivity (Wildman–Crippen MR) is 150 cm³/mol. The smallest absolute Gasteiger partial charge is 0.410 e. The highest BCUT2D eigenvalue weighted by molar-refractivity contribution is 7.89. The second-order valence-corrected chi connectivity index (χ2v) is 13.7. The first-order valence-electron chi connectivity index (χ1n) is 13.8. The zero-order valence-corrected chi connectivity index (χ0v) is 24.2. The molecule has 1 aliphatic heterocycles. The van der Waals surface area contributed by atoms with Crippen LogP contribution in [0, 0.1) is 18.8 Å². The summed E-state index contributed by atoms with van der Waals surface area (Å²) < 4.78 is 41.4. The average Bonchev–Trinajstić information content (AvgIpc) is 2.88. The highest BCUT2D eigenvalue weighted by Gasteiger charge is 2.52. The van der Waals surface area contributed by atoms with Crippen LogP contribution in [0.4, 0.5) is 4.79 Å². The molecule has 0 radical (unpaired) electrons. The summed E-state index contributed by atoms with van der Waals surface area (Å²) in [5.74, 6) is -0.0840. The van der Waals surface area contributed by atoms with Crippen molar-refractivity contribution in [3.63, 3.8) is 0 Å². The maximum atomic E-state index is 13.5. The number of carbonyl (C=O) groups excluding carboxylic acids is 1. The van der Waals surface area contributed by atoms with Crippen LogP contribution in [-0.2, 0) is 26.1 Å². The van der Waals surface area contributed by atoms with Gasteiger partial charge in [-0.1, -0.05) is 48.0 Å². The molecule has 1 saturated carbocycles. The number of amides is 1. The van der Waals surface area contributed by atoms with Crippen LogP contribution >= 0.6 is 0 Å². The minimum Gasteiger partial charge on any atom is -0.444 e. The van der Waals surface area contributed by atoms with E-state index in [1.807, 2.05) is 58.0 Å². The normalized spacial score (nSPS) is 25.7. The number of nitrogens with zero attached hydrogens (tertiary/aromatic N) is 1. The number of benzene rings is 2. The molecule has 0 spiro atoms. The van der Waals surface area contributed by atoms with Crippen LogP contribution in [0.15, 0.2) is 59.5 Å². The summed E-state index contributed by atoms with van der Waals surface area (Å²) in [4.78, 5) is 14.7. The molecule has 4 atom stereocenters. The standard InChI is InChI=1S/C30H42N2O6S/c1-22-10-12-25(13-11-22)39(35,36)31-27-26-20-32(28(33)38-29(2,3)4)18-15-24(26)14-16-30(27,34)17-19-37-21-23-8-6-5-7-9-23/h5-13,24,26-27,31,34H,14-21H2,1-4H3/t24-,26+,27-,30-/m1/s1. The van der Waals surface area contributed by atoms with Gasteiger partial charge in [-0.25, -0.2) is 17.9 Å². The first-order valence-corrected chi connectivity index (χ1v) is 15.3. The van der Waals surface area contributed by atoms with Gasteiger partial charge in [0.2, 0.25) is 10.0 Å². The molecule has 1 aliphatic carbocycles. The molecule has 1 saturated heterocycles. The fourth-order valence-electron chi connectivity index (χ4n) is 5.69. The Balaban J connectivity index is 1.55. The van der Waals surface area contributed by atoms with Gasteiger partial charge in [0.05, 0.1) is 23.1 Å². The monoisotopic (exact) mass is 558 g/mol. The summed E-state index contributed by atoms with van der Waals surface area (Å²) in [5.41, 5.74) is 0.0280. The molecule has 0 bridgehead atoms. The lowest BCUT2D eigenvalue weighted by Gasteiger charge is -2.52. The van der Waals surface area contributed by atoms with Gasteiger partial charge in [0.1, 0.15) is 5.60 Å². The number of ether oxygens (including phenoxy) is 2. The number of aryl methyl sites for hydroxylation is 1. The molecule has 0 unspecified atom stereocenters. The summed E-state index contributed by atoms with van der Waals surface area (Å²) in [5, 5.41) is 12.0. The van der Waals surface area contributed by atoms with Crippen LogP contribution in [0.5, 0.6) is 0 Å². The van der Waals surface area contributed by atoms with Crippen molar-refractivity contribution in [1.82, 2.24) is 9.62 Å². The summed E-state index contributed by atoms with van der Waals surface area (Å²) in [6.45, 7) is 8.92. The van der Waals surface area contributed by atoms with E-state index in [2.05, 4.69) is 4.72 Å². The van der Waals surface area contributed by atoms with Crippen LogP contribution < -0.4 is 4.72 Å². The number of hydrogen-bond donors (Lipinski definition) is 2. The van der Waals surface area contributed by atoms with Crippen LogP contribution in [0.2, 0.25) is 0 Å². The van der Waals surface area contributed by atoms with Crippen molar-refractivity contribution >= 4 is 16.1 Å². The summed E-state index contributed by atoms with van der Waals surface area (Å²) in [6, 6.07) is 15.7. The SMILES string of the molecule is Cc1ccc(S(=O)(=O)N[C@@H]2[C@H]3CN(C(=O)OC(C)(C)C)CC[C@H]3CC[C@@]2(O)CCOCc2ccccc2)cc1. The second kappa shape index (κ2) is 12.0. The third-order valence-corrected chi connectivity index (χ3v) is 9.27. The maximum Gasteiger partial charge on any atom is 0.410 e. The summed E-state index contributed by atoms with van der Waals surface area (Å²) in [6.07, 6.45) is 1.80. The lowest BCUT2D eigenvalue weighted by Crippen LogP contribution is -2.64. The zero-order valence-electron chi connectivity index (χ0n) is 23.4. The maximum absolute atomic E-state index is 13.5. The third-order valence-electron chi connectivity index (χ3n) is 7.82. The Labute approximate surface area is 232 Å². The van der Waals surface area contributed by atoms with E-state index in [4.69, 9.17) is 9.47 Å². The minimum atomic E-state index is -3.92.